The van der Waals surface area contributed by atoms with Crippen molar-refractivity contribution in [3.63, 3.8) is 0 Å². The summed E-state index contributed by atoms with van der Waals surface area (Å²) >= 11 is 1.53. The molecule has 0 aliphatic carbocycles. The van der Waals surface area contributed by atoms with E-state index >= 15 is 0 Å². The predicted octanol–water partition coefficient (Wildman–Crippen LogP) is 3.53. The summed E-state index contributed by atoms with van der Waals surface area (Å²) in [5.74, 6) is 0.867. The van der Waals surface area contributed by atoms with Gasteiger partial charge >= 0.3 is 6.03 Å². The second-order valence-electron chi connectivity index (χ2n) is 5.55. The molecule has 0 saturated heterocycles. The van der Waals surface area contributed by atoms with Gasteiger partial charge in [-0.05, 0) is 44.9 Å². The molecular formula is C17H23N3O2S. The standard InChI is InChI=1S/C17H23N3O2S/c1-12(2)22-15-6-4-14(5-7-15)8-9-19-17(21)20-13(3)16-18-10-11-23-16/h4-7,10-13H,8-9H2,1-3H3,(H2,19,20,21). The smallest absolute Gasteiger partial charge is 0.315 e. The molecule has 23 heavy (non-hydrogen) atoms. The minimum atomic E-state index is -0.174. The zero-order chi connectivity index (χ0) is 16.7. The fourth-order valence-electron chi connectivity index (χ4n) is 2.08. The highest BCUT2D eigenvalue weighted by molar-refractivity contribution is 7.09. The van der Waals surface area contributed by atoms with Crippen LogP contribution in [0.3, 0.4) is 0 Å². The van der Waals surface area contributed by atoms with Gasteiger partial charge in [0.05, 0.1) is 12.1 Å². The lowest BCUT2D eigenvalue weighted by Crippen LogP contribution is -2.38. The summed E-state index contributed by atoms with van der Waals surface area (Å²) in [7, 11) is 0. The molecule has 2 rings (SSSR count). The monoisotopic (exact) mass is 333 g/mol. The van der Waals surface area contributed by atoms with Crippen LogP contribution in [0.1, 0.15) is 37.4 Å². The van der Waals surface area contributed by atoms with Crippen molar-refractivity contribution in [2.75, 3.05) is 6.54 Å². The fraction of sp³-hybridized carbons (Fsp3) is 0.412. The van der Waals surface area contributed by atoms with E-state index in [1.54, 1.807) is 6.20 Å². The Labute approximate surface area is 141 Å². The highest BCUT2D eigenvalue weighted by Gasteiger charge is 2.10. The van der Waals surface area contributed by atoms with Crippen LogP contribution in [0.4, 0.5) is 4.79 Å². The third kappa shape index (κ3) is 5.90. The molecule has 1 heterocycles. The number of urea groups is 1. The van der Waals surface area contributed by atoms with Gasteiger partial charge in [-0.15, -0.1) is 11.3 Å². The lowest BCUT2D eigenvalue weighted by Gasteiger charge is -2.13. The molecule has 2 amide bonds. The zero-order valence-electron chi connectivity index (χ0n) is 13.7. The van der Waals surface area contributed by atoms with Gasteiger partial charge in [0.2, 0.25) is 0 Å². The van der Waals surface area contributed by atoms with Gasteiger partial charge in [0.25, 0.3) is 0 Å². The fourth-order valence-corrected chi connectivity index (χ4v) is 2.73. The Balaban J connectivity index is 1.71. The van der Waals surface area contributed by atoms with Gasteiger partial charge < -0.3 is 15.4 Å². The Hall–Kier alpha value is -2.08. The first kappa shape index (κ1) is 17.3. The number of hydrogen-bond acceptors (Lipinski definition) is 4. The third-order valence-corrected chi connectivity index (χ3v) is 4.12. The minimum Gasteiger partial charge on any atom is -0.491 e. The van der Waals surface area contributed by atoms with Gasteiger partial charge in [-0.1, -0.05) is 12.1 Å². The van der Waals surface area contributed by atoms with Crippen LogP contribution >= 0.6 is 11.3 Å². The summed E-state index contributed by atoms with van der Waals surface area (Å²) in [5.41, 5.74) is 1.16. The van der Waals surface area contributed by atoms with Crippen molar-refractivity contribution in [3.05, 3.63) is 46.4 Å². The first-order chi connectivity index (χ1) is 11.0. The second kappa shape index (κ2) is 8.53. The number of thiazole rings is 1. The van der Waals surface area contributed by atoms with Crippen LogP contribution in [-0.2, 0) is 6.42 Å². The number of amides is 2. The van der Waals surface area contributed by atoms with Gasteiger partial charge in [-0.2, -0.15) is 0 Å². The Bertz CT molecular complexity index is 597. The normalized spacial score (nSPS) is 12.0. The summed E-state index contributed by atoms with van der Waals surface area (Å²) in [6.07, 6.45) is 2.69. The molecular weight excluding hydrogens is 310 g/mol. The summed E-state index contributed by atoms with van der Waals surface area (Å²) in [5, 5.41) is 8.55. The first-order valence-electron chi connectivity index (χ1n) is 7.74. The van der Waals surface area contributed by atoms with E-state index < -0.39 is 0 Å². The molecule has 1 atom stereocenters. The maximum Gasteiger partial charge on any atom is 0.315 e. The Morgan fingerprint density at radius 2 is 2.00 bits per heavy atom. The number of ether oxygens (including phenoxy) is 1. The van der Waals surface area contributed by atoms with E-state index in [0.717, 1.165) is 22.7 Å². The van der Waals surface area contributed by atoms with Crippen molar-refractivity contribution in [2.24, 2.45) is 0 Å². The van der Waals surface area contributed by atoms with Gasteiger partial charge in [0, 0.05) is 18.1 Å². The molecule has 0 fully saturated rings. The first-order valence-corrected chi connectivity index (χ1v) is 8.62. The quantitative estimate of drug-likeness (QED) is 0.815. The number of aromatic nitrogens is 1. The summed E-state index contributed by atoms with van der Waals surface area (Å²) in [6, 6.07) is 7.71. The van der Waals surface area contributed by atoms with E-state index in [0.29, 0.717) is 6.54 Å². The predicted molar refractivity (Wildman–Crippen MR) is 93.0 cm³/mol. The van der Waals surface area contributed by atoms with Crippen LogP contribution in [0.2, 0.25) is 0 Å². The minimum absolute atomic E-state index is 0.0811. The molecule has 1 aromatic heterocycles. The highest BCUT2D eigenvalue weighted by atomic mass is 32.1. The van der Waals surface area contributed by atoms with E-state index in [2.05, 4.69) is 15.6 Å². The number of carbonyl (C=O) groups excluding carboxylic acids is 1. The molecule has 1 unspecified atom stereocenters. The van der Waals surface area contributed by atoms with Gasteiger partial charge in [-0.25, -0.2) is 9.78 Å². The molecule has 0 aliphatic rings. The average Bonchev–Trinajstić information content (AvgIpc) is 3.03. The van der Waals surface area contributed by atoms with E-state index in [1.807, 2.05) is 50.4 Å². The van der Waals surface area contributed by atoms with Crippen LogP contribution < -0.4 is 15.4 Å². The third-order valence-electron chi connectivity index (χ3n) is 3.16. The summed E-state index contributed by atoms with van der Waals surface area (Å²) in [6.45, 7) is 6.51. The maximum absolute atomic E-state index is 11.8. The van der Waals surface area contributed by atoms with Crippen molar-refractivity contribution < 1.29 is 9.53 Å². The van der Waals surface area contributed by atoms with Crippen molar-refractivity contribution >= 4 is 17.4 Å². The molecule has 1 aromatic carbocycles. The zero-order valence-corrected chi connectivity index (χ0v) is 14.5. The lowest BCUT2D eigenvalue weighted by molar-refractivity contribution is 0.238. The van der Waals surface area contributed by atoms with Gasteiger partial charge in [-0.3, -0.25) is 0 Å². The Morgan fingerprint density at radius 3 is 2.61 bits per heavy atom. The maximum atomic E-state index is 11.8. The largest absolute Gasteiger partial charge is 0.491 e. The van der Waals surface area contributed by atoms with E-state index in [9.17, 15) is 4.79 Å². The number of nitrogens with one attached hydrogen (secondary N) is 2. The number of benzene rings is 1. The second-order valence-corrected chi connectivity index (χ2v) is 6.48. The molecule has 0 bridgehead atoms. The van der Waals surface area contributed by atoms with Crippen LogP contribution in [0, 0.1) is 0 Å². The average molecular weight is 333 g/mol. The van der Waals surface area contributed by atoms with E-state index in [1.165, 1.54) is 11.3 Å². The molecule has 0 aliphatic heterocycles. The summed E-state index contributed by atoms with van der Waals surface area (Å²) < 4.78 is 5.61. The molecule has 5 nitrogen and oxygen atoms in total. The molecule has 0 saturated carbocycles. The van der Waals surface area contributed by atoms with Crippen LogP contribution in [0.5, 0.6) is 5.75 Å². The van der Waals surface area contributed by atoms with Gasteiger partial charge in [0.1, 0.15) is 10.8 Å². The number of carbonyl (C=O) groups is 1. The molecule has 0 spiro atoms. The van der Waals surface area contributed by atoms with Crippen LogP contribution in [-0.4, -0.2) is 23.7 Å². The molecule has 124 valence electrons. The molecule has 6 heteroatoms. The van der Waals surface area contributed by atoms with Crippen LogP contribution in [0.25, 0.3) is 0 Å². The number of hydrogen-bond donors (Lipinski definition) is 2. The van der Waals surface area contributed by atoms with Crippen LogP contribution in [0.15, 0.2) is 35.8 Å². The molecule has 2 aromatic rings. The summed E-state index contributed by atoms with van der Waals surface area (Å²) in [4.78, 5) is 16.0. The molecule has 0 radical (unpaired) electrons. The number of rotatable bonds is 7. The van der Waals surface area contributed by atoms with Crippen molar-refractivity contribution in [1.82, 2.24) is 15.6 Å². The number of nitrogens with zero attached hydrogens (tertiary/aromatic N) is 1. The van der Waals surface area contributed by atoms with Gasteiger partial charge in [0.15, 0.2) is 0 Å². The lowest BCUT2D eigenvalue weighted by atomic mass is 10.1. The highest BCUT2D eigenvalue weighted by Crippen LogP contribution is 2.15. The van der Waals surface area contributed by atoms with Crippen molar-refractivity contribution in [2.45, 2.75) is 39.3 Å². The van der Waals surface area contributed by atoms with E-state index in [-0.39, 0.29) is 18.2 Å². The Kier molecular flexibility index (Phi) is 6.40. The van der Waals surface area contributed by atoms with Crippen molar-refractivity contribution in [3.8, 4) is 5.75 Å². The Morgan fingerprint density at radius 1 is 1.26 bits per heavy atom. The topological polar surface area (TPSA) is 63.2 Å². The SMILES string of the molecule is CC(C)Oc1ccc(CCNC(=O)NC(C)c2nccs2)cc1. The molecule has 2 N–H and O–H groups in total. The van der Waals surface area contributed by atoms with Crippen molar-refractivity contribution in [1.29, 1.82) is 0 Å². The van der Waals surface area contributed by atoms with E-state index in [4.69, 9.17) is 4.74 Å².